The SMILES string of the molecule is C[C@H](OC(=O)[C@@H]1[C@@H](C(=O)O)[C@H]2C=C[C@H]1C2)c1cccnc1. The van der Waals surface area contributed by atoms with E-state index in [0.29, 0.717) is 0 Å². The normalized spacial score (nSPS) is 31.1. The molecule has 2 aliphatic rings. The molecule has 0 amide bonds. The van der Waals surface area contributed by atoms with Crippen LogP contribution in [0.4, 0.5) is 0 Å². The minimum Gasteiger partial charge on any atom is -0.481 e. The third-order valence-corrected chi connectivity index (χ3v) is 4.46. The van der Waals surface area contributed by atoms with Crippen molar-refractivity contribution < 1.29 is 19.4 Å². The van der Waals surface area contributed by atoms with E-state index in [9.17, 15) is 14.7 Å². The van der Waals surface area contributed by atoms with Gasteiger partial charge in [0.15, 0.2) is 0 Å². The lowest BCUT2D eigenvalue weighted by Gasteiger charge is -2.24. The van der Waals surface area contributed by atoms with E-state index in [1.54, 1.807) is 25.4 Å². The zero-order chi connectivity index (χ0) is 15.0. The summed E-state index contributed by atoms with van der Waals surface area (Å²) in [6.07, 6.45) is 7.47. The van der Waals surface area contributed by atoms with Gasteiger partial charge < -0.3 is 9.84 Å². The molecule has 2 aliphatic carbocycles. The lowest BCUT2D eigenvalue weighted by atomic mass is 9.83. The van der Waals surface area contributed by atoms with Crippen molar-refractivity contribution in [2.75, 3.05) is 0 Å². The molecule has 5 heteroatoms. The van der Waals surface area contributed by atoms with Gasteiger partial charge in [-0.25, -0.2) is 0 Å². The van der Waals surface area contributed by atoms with Crippen LogP contribution in [-0.2, 0) is 14.3 Å². The Kier molecular flexibility index (Phi) is 3.49. The summed E-state index contributed by atoms with van der Waals surface area (Å²) in [5.74, 6) is -2.62. The fourth-order valence-electron chi connectivity index (χ4n) is 3.42. The van der Waals surface area contributed by atoms with Gasteiger partial charge >= 0.3 is 11.9 Å². The zero-order valence-corrected chi connectivity index (χ0v) is 11.7. The first-order valence-electron chi connectivity index (χ1n) is 7.09. The number of rotatable bonds is 4. The maximum atomic E-state index is 12.4. The largest absolute Gasteiger partial charge is 0.481 e. The third kappa shape index (κ3) is 2.44. The number of aromatic nitrogens is 1. The van der Waals surface area contributed by atoms with Crippen molar-refractivity contribution in [3.63, 3.8) is 0 Å². The summed E-state index contributed by atoms with van der Waals surface area (Å²) in [5.41, 5.74) is 0.802. The molecule has 1 N–H and O–H groups in total. The number of carboxylic acid groups (broad SMARTS) is 1. The highest BCUT2D eigenvalue weighted by atomic mass is 16.5. The number of esters is 1. The topological polar surface area (TPSA) is 76.5 Å². The highest BCUT2D eigenvalue weighted by Crippen LogP contribution is 2.48. The van der Waals surface area contributed by atoms with Gasteiger partial charge in [-0.15, -0.1) is 0 Å². The molecule has 0 spiro atoms. The van der Waals surface area contributed by atoms with Crippen molar-refractivity contribution in [1.29, 1.82) is 0 Å². The smallest absolute Gasteiger partial charge is 0.311 e. The molecular formula is C16H17NO4. The number of hydrogen-bond donors (Lipinski definition) is 1. The first-order chi connectivity index (χ1) is 10.1. The second kappa shape index (κ2) is 5.31. The van der Waals surface area contributed by atoms with Crippen molar-refractivity contribution in [2.24, 2.45) is 23.7 Å². The van der Waals surface area contributed by atoms with E-state index >= 15 is 0 Å². The molecule has 0 unspecified atom stereocenters. The minimum absolute atomic E-state index is 0.00954. The second-order valence-electron chi connectivity index (χ2n) is 5.70. The Balaban J connectivity index is 1.73. The van der Waals surface area contributed by atoms with Gasteiger partial charge in [0.05, 0.1) is 11.8 Å². The molecule has 0 radical (unpaired) electrons. The lowest BCUT2D eigenvalue weighted by molar-refractivity contribution is -0.162. The predicted octanol–water partition coefficient (Wildman–Crippen LogP) is 2.21. The molecule has 0 aliphatic heterocycles. The molecule has 1 aromatic heterocycles. The summed E-state index contributed by atoms with van der Waals surface area (Å²) in [7, 11) is 0. The molecule has 21 heavy (non-hydrogen) atoms. The predicted molar refractivity (Wildman–Crippen MR) is 74.1 cm³/mol. The molecule has 3 rings (SSSR count). The number of carbonyl (C=O) groups excluding carboxylic acids is 1. The monoisotopic (exact) mass is 287 g/mol. The van der Waals surface area contributed by atoms with Crippen LogP contribution in [0.1, 0.15) is 25.0 Å². The number of fused-ring (bicyclic) bond motifs is 2. The molecule has 1 aromatic rings. The molecule has 2 bridgehead atoms. The quantitative estimate of drug-likeness (QED) is 0.678. The van der Waals surface area contributed by atoms with Crippen LogP contribution in [0.2, 0.25) is 0 Å². The van der Waals surface area contributed by atoms with Crippen LogP contribution in [0.25, 0.3) is 0 Å². The number of ether oxygens (including phenoxy) is 1. The fraction of sp³-hybridized carbons (Fsp3) is 0.438. The molecule has 0 aromatic carbocycles. The fourth-order valence-corrected chi connectivity index (χ4v) is 3.42. The highest BCUT2D eigenvalue weighted by molar-refractivity contribution is 5.83. The van der Waals surface area contributed by atoms with Gasteiger partial charge in [-0.1, -0.05) is 18.2 Å². The summed E-state index contributed by atoms with van der Waals surface area (Å²) in [5, 5.41) is 9.35. The first-order valence-corrected chi connectivity index (χ1v) is 7.09. The lowest BCUT2D eigenvalue weighted by Crippen LogP contribution is -2.34. The van der Waals surface area contributed by atoms with E-state index in [0.717, 1.165) is 12.0 Å². The van der Waals surface area contributed by atoms with Crippen LogP contribution < -0.4 is 0 Å². The maximum Gasteiger partial charge on any atom is 0.311 e. The Labute approximate surface area is 122 Å². The third-order valence-electron chi connectivity index (χ3n) is 4.46. The Hall–Kier alpha value is -2.17. The van der Waals surface area contributed by atoms with E-state index in [-0.39, 0.29) is 11.8 Å². The molecule has 110 valence electrons. The van der Waals surface area contributed by atoms with E-state index in [1.165, 1.54) is 0 Å². The van der Waals surface area contributed by atoms with E-state index in [1.807, 2.05) is 18.2 Å². The van der Waals surface area contributed by atoms with Crippen molar-refractivity contribution in [1.82, 2.24) is 4.98 Å². The summed E-state index contributed by atoms with van der Waals surface area (Å²) in [4.78, 5) is 27.8. The summed E-state index contributed by atoms with van der Waals surface area (Å²) < 4.78 is 5.48. The Morgan fingerprint density at radius 3 is 2.67 bits per heavy atom. The van der Waals surface area contributed by atoms with Crippen molar-refractivity contribution in [3.05, 3.63) is 42.2 Å². The summed E-state index contributed by atoms with van der Waals surface area (Å²) in [6, 6.07) is 3.61. The maximum absolute atomic E-state index is 12.4. The van der Waals surface area contributed by atoms with Crippen molar-refractivity contribution in [3.8, 4) is 0 Å². The highest BCUT2D eigenvalue weighted by Gasteiger charge is 2.52. The summed E-state index contributed by atoms with van der Waals surface area (Å²) >= 11 is 0. The van der Waals surface area contributed by atoms with Crippen LogP contribution in [0.15, 0.2) is 36.7 Å². The number of pyridine rings is 1. The van der Waals surface area contributed by atoms with E-state index in [4.69, 9.17) is 4.74 Å². The van der Waals surface area contributed by atoms with Gasteiger partial charge in [-0.3, -0.25) is 14.6 Å². The van der Waals surface area contributed by atoms with Gasteiger partial charge in [-0.2, -0.15) is 0 Å². The van der Waals surface area contributed by atoms with E-state index in [2.05, 4.69) is 4.98 Å². The summed E-state index contributed by atoms with van der Waals surface area (Å²) in [6.45, 7) is 1.77. The van der Waals surface area contributed by atoms with Gasteiger partial charge in [0.25, 0.3) is 0 Å². The number of carboxylic acids is 1. The number of hydrogen-bond acceptors (Lipinski definition) is 4. The molecule has 5 atom stereocenters. The number of carbonyl (C=O) groups is 2. The van der Waals surface area contributed by atoms with Crippen molar-refractivity contribution >= 4 is 11.9 Å². The van der Waals surface area contributed by atoms with Crippen LogP contribution in [0.5, 0.6) is 0 Å². The Morgan fingerprint density at radius 2 is 2.05 bits per heavy atom. The molecule has 0 saturated heterocycles. The Bertz CT molecular complexity index is 583. The van der Waals surface area contributed by atoms with Gasteiger partial charge in [-0.05, 0) is 31.2 Å². The first kappa shape index (κ1) is 13.8. The van der Waals surface area contributed by atoms with Crippen LogP contribution >= 0.6 is 0 Å². The number of allylic oxidation sites excluding steroid dienone is 2. The number of aliphatic carboxylic acids is 1. The molecular weight excluding hydrogens is 270 g/mol. The second-order valence-corrected chi connectivity index (χ2v) is 5.70. The van der Waals surface area contributed by atoms with Crippen LogP contribution in [0, 0.1) is 23.7 Å². The minimum atomic E-state index is -0.914. The standard InChI is InChI=1S/C16H17NO4/c1-9(12-3-2-6-17-8-12)21-16(20)14-11-5-4-10(7-11)13(14)15(18)19/h2-6,8-11,13-14H,7H2,1H3,(H,18,19)/t9-,10-,11-,13-,14-/m0/s1. The van der Waals surface area contributed by atoms with E-state index < -0.39 is 29.9 Å². The number of nitrogens with zero attached hydrogens (tertiary/aromatic N) is 1. The van der Waals surface area contributed by atoms with Crippen molar-refractivity contribution in [2.45, 2.75) is 19.4 Å². The molecule has 5 nitrogen and oxygen atoms in total. The zero-order valence-electron chi connectivity index (χ0n) is 11.7. The van der Waals surface area contributed by atoms with Crippen LogP contribution in [0.3, 0.4) is 0 Å². The van der Waals surface area contributed by atoms with Gasteiger partial charge in [0, 0.05) is 18.0 Å². The van der Waals surface area contributed by atoms with Gasteiger partial charge in [0.1, 0.15) is 6.10 Å². The average molecular weight is 287 g/mol. The van der Waals surface area contributed by atoms with Crippen LogP contribution in [-0.4, -0.2) is 22.0 Å². The molecule has 1 heterocycles. The molecule has 1 saturated carbocycles. The molecule has 1 fully saturated rings. The van der Waals surface area contributed by atoms with Gasteiger partial charge in [0.2, 0.25) is 0 Å². The average Bonchev–Trinajstić information content (AvgIpc) is 3.08. The Morgan fingerprint density at radius 1 is 1.33 bits per heavy atom.